The van der Waals surface area contributed by atoms with Crippen LogP contribution in [0, 0.1) is 0 Å². The molecule has 0 aromatic heterocycles. The number of hydrogen-bond acceptors (Lipinski definition) is 5. The summed E-state index contributed by atoms with van der Waals surface area (Å²) in [7, 11) is 0. The summed E-state index contributed by atoms with van der Waals surface area (Å²) in [6, 6.07) is 3.96. The molecule has 2 aliphatic rings. The molecule has 4 amide bonds. The minimum Gasteiger partial charge on any atom is -0.454 e. The third-order valence-corrected chi connectivity index (χ3v) is 4.40. The molecule has 8 nitrogen and oxygen atoms in total. The van der Waals surface area contributed by atoms with Gasteiger partial charge in [-0.1, -0.05) is 6.07 Å². The highest BCUT2D eigenvalue weighted by Gasteiger charge is 2.50. The SMILES string of the molecule is CCNC(=O)[C@@H](C)N1C(=O)N[C@](C)(Cc2ccc3c(c2)OCO3)C1=O. The lowest BCUT2D eigenvalue weighted by Crippen LogP contribution is -2.50. The minimum absolute atomic E-state index is 0.170. The van der Waals surface area contributed by atoms with Crippen LogP contribution in [0.5, 0.6) is 11.5 Å². The van der Waals surface area contributed by atoms with Crippen molar-refractivity contribution in [1.82, 2.24) is 15.5 Å². The number of fused-ring (bicyclic) bond motifs is 1. The van der Waals surface area contributed by atoms with Crippen LogP contribution in [0.3, 0.4) is 0 Å². The maximum absolute atomic E-state index is 12.8. The number of imide groups is 1. The molecule has 0 radical (unpaired) electrons. The lowest BCUT2D eigenvalue weighted by Gasteiger charge is -2.24. The second-order valence-electron chi connectivity index (χ2n) is 6.37. The van der Waals surface area contributed by atoms with Crippen molar-refractivity contribution in [3.05, 3.63) is 23.8 Å². The Morgan fingerprint density at radius 3 is 2.80 bits per heavy atom. The predicted octanol–water partition coefficient (Wildman–Crippen LogP) is 0.793. The number of likely N-dealkylation sites (N-methyl/N-ethyl adjacent to an activating group) is 1. The first-order valence-electron chi connectivity index (χ1n) is 8.18. The van der Waals surface area contributed by atoms with Gasteiger partial charge in [-0.25, -0.2) is 9.69 Å². The van der Waals surface area contributed by atoms with Crippen LogP contribution in [-0.2, 0) is 16.0 Å². The van der Waals surface area contributed by atoms with Gasteiger partial charge in [0.25, 0.3) is 5.91 Å². The standard InChI is InChI=1S/C17H21N3O5/c1-4-18-14(21)10(2)20-15(22)17(3,19-16(20)23)8-11-5-6-12-13(7-11)25-9-24-12/h5-7,10H,4,8-9H2,1-3H3,(H,18,21)(H,19,23)/t10-,17-/m1/s1. The van der Waals surface area contributed by atoms with E-state index < -0.39 is 23.5 Å². The zero-order valence-electron chi connectivity index (χ0n) is 14.4. The van der Waals surface area contributed by atoms with Crippen molar-refractivity contribution in [3.8, 4) is 11.5 Å². The van der Waals surface area contributed by atoms with Crippen molar-refractivity contribution in [2.75, 3.05) is 13.3 Å². The third kappa shape index (κ3) is 2.99. The van der Waals surface area contributed by atoms with Crippen molar-refractivity contribution in [2.24, 2.45) is 0 Å². The van der Waals surface area contributed by atoms with Gasteiger partial charge >= 0.3 is 6.03 Å². The summed E-state index contributed by atoms with van der Waals surface area (Å²) in [5.41, 5.74) is -0.293. The maximum atomic E-state index is 12.8. The first-order chi connectivity index (χ1) is 11.9. The van der Waals surface area contributed by atoms with Gasteiger partial charge in [-0.2, -0.15) is 0 Å². The first-order valence-corrected chi connectivity index (χ1v) is 8.18. The maximum Gasteiger partial charge on any atom is 0.325 e. The van der Waals surface area contributed by atoms with Crippen LogP contribution >= 0.6 is 0 Å². The number of hydrogen-bond donors (Lipinski definition) is 2. The summed E-state index contributed by atoms with van der Waals surface area (Å²) in [6.07, 6.45) is 0.285. The average molecular weight is 347 g/mol. The van der Waals surface area contributed by atoms with E-state index in [2.05, 4.69) is 10.6 Å². The number of carbonyl (C=O) groups is 3. The lowest BCUT2D eigenvalue weighted by molar-refractivity contribution is -0.137. The summed E-state index contributed by atoms with van der Waals surface area (Å²) in [5, 5.41) is 5.33. The topological polar surface area (TPSA) is 97.0 Å². The number of amides is 4. The van der Waals surface area contributed by atoms with Crippen LogP contribution in [0.1, 0.15) is 26.3 Å². The Morgan fingerprint density at radius 2 is 2.08 bits per heavy atom. The van der Waals surface area contributed by atoms with Crippen molar-refractivity contribution >= 4 is 17.8 Å². The van der Waals surface area contributed by atoms with Gasteiger partial charge in [0, 0.05) is 13.0 Å². The molecule has 1 aromatic rings. The molecule has 1 saturated heterocycles. The Balaban J connectivity index is 1.79. The Bertz CT molecular complexity index is 735. The summed E-state index contributed by atoms with van der Waals surface area (Å²) in [5.74, 6) is 0.486. The molecule has 0 spiro atoms. The highest BCUT2D eigenvalue weighted by Crippen LogP contribution is 2.34. The van der Waals surface area contributed by atoms with Gasteiger partial charge in [-0.05, 0) is 38.5 Å². The van der Waals surface area contributed by atoms with E-state index in [0.717, 1.165) is 10.5 Å². The van der Waals surface area contributed by atoms with Gasteiger partial charge in [-0.15, -0.1) is 0 Å². The Labute approximate surface area is 145 Å². The van der Waals surface area contributed by atoms with E-state index in [1.54, 1.807) is 26.0 Å². The van der Waals surface area contributed by atoms with Gasteiger partial charge in [0.1, 0.15) is 11.6 Å². The van der Waals surface area contributed by atoms with Gasteiger partial charge in [0.2, 0.25) is 12.7 Å². The Morgan fingerprint density at radius 1 is 1.36 bits per heavy atom. The minimum atomic E-state index is -1.12. The zero-order valence-corrected chi connectivity index (χ0v) is 14.4. The van der Waals surface area contributed by atoms with E-state index in [4.69, 9.17) is 9.47 Å². The monoisotopic (exact) mass is 347 g/mol. The fourth-order valence-electron chi connectivity index (χ4n) is 3.08. The molecular weight excluding hydrogens is 326 g/mol. The molecule has 2 atom stereocenters. The third-order valence-electron chi connectivity index (χ3n) is 4.40. The summed E-state index contributed by atoms with van der Waals surface area (Å²) in [6.45, 7) is 5.57. The number of carbonyl (C=O) groups excluding carboxylic acids is 3. The van der Waals surface area contributed by atoms with E-state index in [-0.39, 0.29) is 19.1 Å². The number of ether oxygens (including phenoxy) is 2. The average Bonchev–Trinajstić information content (AvgIpc) is 3.10. The fourth-order valence-corrected chi connectivity index (χ4v) is 3.08. The van der Waals surface area contributed by atoms with Crippen molar-refractivity contribution < 1.29 is 23.9 Å². The van der Waals surface area contributed by atoms with Gasteiger partial charge in [0.15, 0.2) is 11.5 Å². The molecule has 25 heavy (non-hydrogen) atoms. The van der Waals surface area contributed by atoms with E-state index in [1.165, 1.54) is 6.92 Å². The van der Waals surface area contributed by atoms with Crippen LogP contribution < -0.4 is 20.1 Å². The first kappa shape index (κ1) is 17.1. The van der Waals surface area contributed by atoms with Crippen LogP contribution in [0.2, 0.25) is 0 Å². The molecule has 2 aliphatic heterocycles. The molecule has 134 valence electrons. The molecule has 2 N–H and O–H groups in total. The van der Waals surface area contributed by atoms with E-state index >= 15 is 0 Å². The van der Waals surface area contributed by atoms with Crippen molar-refractivity contribution in [2.45, 2.75) is 38.8 Å². The lowest BCUT2D eigenvalue weighted by atomic mass is 9.92. The van der Waals surface area contributed by atoms with Gasteiger partial charge in [-0.3, -0.25) is 9.59 Å². The molecule has 2 heterocycles. The predicted molar refractivity (Wildman–Crippen MR) is 88.2 cm³/mol. The number of nitrogens with one attached hydrogen (secondary N) is 2. The molecule has 1 aromatic carbocycles. The zero-order chi connectivity index (χ0) is 18.2. The molecule has 3 rings (SSSR count). The number of nitrogens with zero attached hydrogens (tertiary/aromatic N) is 1. The van der Waals surface area contributed by atoms with Crippen LogP contribution in [0.15, 0.2) is 18.2 Å². The molecule has 0 aliphatic carbocycles. The summed E-state index contributed by atoms with van der Waals surface area (Å²) in [4.78, 5) is 38.1. The highest BCUT2D eigenvalue weighted by molar-refractivity contribution is 6.09. The second kappa shape index (κ2) is 6.27. The Hall–Kier alpha value is -2.77. The van der Waals surface area contributed by atoms with Crippen LogP contribution in [0.4, 0.5) is 4.79 Å². The van der Waals surface area contributed by atoms with Crippen LogP contribution in [-0.4, -0.2) is 47.7 Å². The number of rotatable bonds is 5. The van der Waals surface area contributed by atoms with E-state index in [1.807, 2.05) is 6.07 Å². The van der Waals surface area contributed by atoms with Crippen LogP contribution in [0.25, 0.3) is 0 Å². The van der Waals surface area contributed by atoms with Crippen molar-refractivity contribution in [1.29, 1.82) is 0 Å². The largest absolute Gasteiger partial charge is 0.454 e. The van der Waals surface area contributed by atoms with E-state index in [9.17, 15) is 14.4 Å². The van der Waals surface area contributed by atoms with Gasteiger partial charge in [0.05, 0.1) is 0 Å². The van der Waals surface area contributed by atoms with Crippen molar-refractivity contribution in [3.63, 3.8) is 0 Å². The Kier molecular flexibility index (Phi) is 4.28. The smallest absolute Gasteiger partial charge is 0.325 e. The molecule has 8 heteroatoms. The highest BCUT2D eigenvalue weighted by atomic mass is 16.7. The summed E-state index contributed by atoms with van der Waals surface area (Å²) < 4.78 is 10.6. The number of urea groups is 1. The molecule has 0 bridgehead atoms. The number of benzene rings is 1. The molecule has 1 fully saturated rings. The fraction of sp³-hybridized carbons (Fsp3) is 0.471. The normalized spacial score (nSPS) is 22.8. The van der Waals surface area contributed by atoms with E-state index in [0.29, 0.717) is 18.0 Å². The quantitative estimate of drug-likeness (QED) is 0.768. The molecule has 0 unspecified atom stereocenters. The second-order valence-corrected chi connectivity index (χ2v) is 6.37. The molecule has 0 saturated carbocycles. The molecular formula is C17H21N3O5. The van der Waals surface area contributed by atoms with Gasteiger partial charge < -0.3 is 20.1 Å². The summed E-state index contributed by atoms with van der Waals surface area (Å²) >= 11 is 0.